The molecular weight excluding hydrogens is 303 g/mol. The van der Waals surface area contributed by atoms with Gasteiger partial charge in [-0.3, -0.25) is 14.9 Å². The van der Waals surface area contributed by atoms with E-state index in [0.29, 0.717) is 13.0 Å². The third kappa shape index (κ3) is 4.33. The molecule has 23 heavy (non-hydrogen) atoms. The van der Waals surface area contributed by atoms with Crippen LogP contribution in [0.2, 0.25) is 0 Å². The van der Waals surface area contributed by atoms with Crippen molar-refractivity contribution in [2.45, 2.75) is 13.0 Å². The molecule has 0 unspecified atom stereocenters. The van der Waals surface area contributed by atoms with Gasteiger partial charge in [-0.1, -0.05) is 24.3 Å². The normalized spacial score (nSPS) is 10.3. The van der Waals surface area contributed by atoms with Crippen LogP contribution >= 0.6 is 0 Å². The molecule has 0 atom stereocenters. The highest BCUT2D eigenvalue weighted by atomic mass is 19.1. The van der Waals surface area contributed by atoms with Gasteiger partial charge >= 0.3 is 0 Å². The highest BCUT2D eigenvalue weighted by Gasteiger charge is 2.15. The topological polar surface area (TPSA) is 92.5 Å². The van der Waals surface area contributed by atoms with Gasteiger partial charge in [-0.2, -0.15) is 0 Å². The lowest BCUT2D eigenvalue weighted by atomic mass is 10.1. The molecule has 0 aliphatic rings. The first kappa shape index (κ1) is 16.6. The smallest absolute Gasteiger partial charge is 0.272 e. The summed E-state index contributed by atoms with van der Waals surface area (Å²) in [6.07, 6.45) is 0.548. The third-order valence-corrected chi connectivity index (χ3v) is 3.31. The molecule has 0 saturated carbocycles. The number of nitro groups is 1. The number of nitrogens with zero attached hydrogens (tertiary/aromatic N) is 1. The minimum atomic E-state index is -0.927. The second kappa shape index (κ2) is 7.46. The number of carbonyl (C=O) groups is 1. The number of nitrogens with one attached hydrogen (secondary N) is 1. The minimum Gasteiger partial charge on any atom is -0.392 e. The first-order valence-electron chi connectivity index (χ1n) is 6.92. The summed E-state index contributed by atoms with van der Waals surface area (Å²) in [5.41, 5.74) is 1.13. The Balaban J connectivity index is 1.92. The van der Waals surface area contributed by atoms with E-state index in [2.05, 4.69) is 5.32 Å². The van der Waals surface area contributed by atoms with Gasteiger partial charge in [0, 0.05) is 12.6 Å². The zero-order chi connectivity index (χ0) is 16.8. The van der Waals surface area contributed by atoms with Crippen LogP contribution in [0.1, 0.15) is 21.5 Å². The third-order valence-electron chi connectivity index (χ3n) is 3.31. The van der Waals surface area contributed by atoms with Gasteiger partial charge in [0.05, 0.1) is 23.2 Å². The molecule has 1 amide bonds. The van der Waals surface area contributed by atoms with Crippen molar-refractivity contribution in [3.8, 4) is 0 Å². The zero-order valence-corrected chi connectivity index (χ0v) is 12.2. The summed E-state index contributed by atoms with van der Waals surface area (Å²) < 4.78 is 13.7. The largest absolute Gasteiger partial charge is 0.392 e. The zero-order valence-electron chi connectivity index (χ0n) is 12.2. The van der Waals surface area contributed by atoms with E-state index < -0.39 is 22.3 Å². The van der Waals surface area contributed by atoms with Crippen LogP contribution < -0.4 is 5.32 Å². The maximum Gasteiger partial charge on any atom is 0.272 e. The number of amides is 1. The van der Waals surface area contributed by atoms with Gasteiger partial charge in [0.25, 0.3) is 11.6 Å². The number of nitro benzene ring substituents is 1. The van der Waals surface area contributed by atoms with Crippen molar-refractivity contribution in [1.82, 2.24) is 5.32 Å². The van der Waals surface area contributed by atoms with Crippen molar-refractivity contribution in [1.29, 1.82) is 0 Å². The summed E-state index contributed by atoms with van der Waals surface area (Å²) in [5.74, 6) is -1.55. The molecule has 0 aliphatic heterocycles. The Morgan fingerprint density at radius 2 is 1.83 bits per heavy atom. The molecular formula is C16H15FN2O4. The molecule has 0 spiro atoms. The maximum absolute atomic E-state index is 13.7. The van der Waals surface area contributed by atoms with Crippen LogP contribution in [0.4, 0.5) is 10.1 Å². The first-order chi connectivity index (χ1) is 11.0. The number of carbonyl (C=O) groups excluding carboxylic acids is 1. The summed E-state index contributed by atoms with van der Waals surface area (Å²) in [6.45, 7) is 0.268. The number of non-ortho nitro benzene ring substituents is 1. The molecule has 6 nitrogen and oxygen atoms in total. The molecule has 7 heteroatoms. The van der Waals surface area contributed by atoms with E-state index in [1.807, 2.05) is 12.1 Å². The molecule has 0 bridgehead atoms. The Morgan fingerprint density at radius 3 is 2.39 bits per heavy atom. The predicted molar refractivity (Wildman–Crippen MR) is 81.5 cm³/mol. The van der Waals surface area contributed by atoms with E-state index >= 15 is 0 Å². The minimum absolute atomic E-state index is 0.0313. The molecule has 0 aliphatic carbocycles. The lowest BCUT2D eigenvalue weighted by molar-refractivity contribution is -0.385. The molecule has 2 aromatic carbocycles. The maximum atomic E-state index is 13.7. The van der Waals surface area contributed by atoms with E-state index in [0.717, 1.165) is 29.3 Å². The summed E-state index contributed by atoms with van der Waals surface area (Å²) in [6, 6.07) is 10.2. The fraction of sp³-hybridized carbons (Fsp3) is 0.188. The summed E-state index contributed by atoms with van der Waals surface area (Å²) in [7, 11) is 0. The Labute approximate surface area is 131 Å². The van der Waals surface area contributed by atoms with Crippen molar-refractivity contribution in [3.63, 3.8) is 0 Å². The van der Waals surface area contributed by atoms with E-state index in [9.17, 15) is 19.3 Å². The van der Waals surface area contributed by atoms with Crippen LogP contribution in [0.3, 0.4) is 0 Å². The van der Waals surface area contributed by atoms with Gasteiger partial charge in [0.2, 0.25) is 0 Å². The second-order valence-corrected chi connectivity index (χ2v) is 4.90. The molecule has 2 N–H and O–H groups in total. The molecule has 2 aromatic rings. The molecule has 0 heterocycles. The van der Waals surface area contributed by atoms with E-state index in [4.69, 9.17) is 5.11 Å². The highest BCUT2D eigenvalue weighted by Crippen LogP contribution is 2.16. The van der Waals surface area contributed by atoms with Crippen LogP contribution in [0.25, 0.3) is 0 Å². The van der Waals surface area contributed by atoms with Crippen LogP contribution in [0, 0.1) is 15.9 Å². The predicted octanol–water partition coefficient (Wildman–Crippen LogP) is 2.20. The highest BCUT2D eigenvalue weighted by molar-refractivity contribution is 5.94. The first-order valence-corrected chi connectivity index (χ1v) is 6.92. The number of aliphatic hydroxyl groups excluding tert-OH is 1. The molecule has 120 valence electrons. The Kier molecular flexibility index (Phi) is 5.37. The van der Waals surface area contributed by atoms with Crippen LogP contribution in [-0.4, -0.2) is 22.5 Å². The number of benzene rings is 2. The second-order valence-electron chi connectivity index (χ2n) is 4.90. The van der Waals surface area contributed by atoms with Gasteiger partial charge < -0.3 is 10.4 Å². The fourth-order valence-corrected chi connectivity index (χ4v) is 2.03. The van der Waals surface area contributed by atoms with Crippen molar-refractivity contribution in [2.75, 3.05) is 6.54 Å². The number of aliphatic hydroxyl groups is 1. The van der Waals surface area contributed by atoms with E-state index in [1.54, 1.807) is 12.1 Å². The quantitative estimate of drug-likeness (QED) is 0.631. The summed E-state index contributed by atoms with van der Waals surface area (Å²) >= 11 is 0. The van der Waals surface area contributed by atoms with Gasteiger partial charge in [-0.15, -0.1) is 0 Å². The van der Waals surface area contributed by atoms with Crippen molar-refractivity contribution in [2.24, 2.45) is 0 Å². The Hall–Kier alpha value is -2.80. The van der Waals surface area contributed by atoms with E-state index in [1.165, 1.54) is 0 Å². The van der Waals surface area contributed by atoms with E-state index in [-0.39, 0.29) is 12.2 Å². The lowest BCUT2D eigenvalue weighted by Crippen LogP contribution is -2.26. The standard InChI is InChI=1S/C16H15FN2O4/c17-15-9-13(19(22)23)5-6-14(15)16(21)18-8-7-11-1-3-12(10-20)4-2-11/h1-6,9,20H,7-8,10H2,(H,18,21). The monoisotopic (exact) mass is 318 g/mol. The van der Waals surface area contributed by atoms with Crippen LogP contribution in [0.15, 0.2) is 42.5 Å². The fourth-order valence-electron chi connectivity index (χ4n) is 2.03. The number of hydrogen-bond acceptors (Lipinski definition) is 4. The van der Waals surface area contributed by atoms with Gasteiger partial charge in [0.1, 0.15) is 5.82 Å². The molecule has 0 aromatic heterocycles. The SMILES string of the molecule is O=C(NCCc1ccc(CO)cc1)c1ccc([N+](=O)[O-])cc1F. The van der Waals surface area contributed by atoms with Gasteiger partial charge in [-0.25, -0.2) is 4.39 Å². The van der Waals surface area contributed by atoms with Gasteiger partial charge in [0.15, 0.2) is 0 Å². The molecule has 0 saturated heterocycles. The van der Waals surface area contributed by atoms with Crippen molar-refractivity contribution < 1.29 is 19.2 Å². The van der Waals surface area contributed by atoms with Gasteiger partial charge in [-0.05, 0) is 23.6 Å². The lowest BCUT2D eigenvalue weighted by Gasteiger charge is -2.07. The number of hydrogen-bond donors (Lipinski definition) is 2. The summed E-state index contributed by atoms with van der Waals surface area (Å²) in [5, 5.41) is 22.0. The Morgan fingerprint density at radius 1 is 1.17 bits per heavy atom. The Bertz CT molecular complexity index is 717. The van der Waals surface area contributed by atoms with Crippen LogP contribution in [-0.2, 0) is 13.0 Å². The van der Waals surface area contributed by atoms with Crippen molar-refractivity contribution in [3.05, 3.63) is 75.1 Å². The number of rotatable bonds is 6. The molecule has 0 fully saturated rings. The molecule has 2 rings (SSSR count). The number of halogens is 1. The molecule has 0 radical (unpaired) electrons. The summed E-state index contributed by atoms with van der Waals surface area (Å²) in [4.78, 5) is 21.7. The van der Waals surface area contributed by atoms with Crippen molar-refractivity contribution >= 4 is 11.6 Å². The van der Waals surface area contributed by atoms with Crippen LogP contribution in [0.5, 0.6) is 0 Å². The average Bonchev–Trinajstić information content (AvgIpc) is 2.55. The average molecular weight is 318 g/mol.